The number of benzene rings is 2. The lowest BCUT2D eigenvalue weighted by molar-refractivity contribution is -0.157. The molecule has 0 spiro atoms. The summed E-state index contributed by atoms with van der Waals surface area (Å²) in [6, 6.07) is 11.7. The first-order valence-corrected chi connectivity index (χ1v) is 11.5. The number of allylic oxidation sites excluding steroid dienone is 2. The second-order valence-electron chi connectivity index (χ2n) is 8.89. The maximum Gasteiger partial charge on any atom is 0.275 e. The summed E-state index contributed by atoms with van der Waals surface area (Å²) in [5.74, 6) is -2.47. The van der Waals surface area contributed by atoms with Crippen LogP contribution in [0.1, 0.15) is 34.1 Å². The first kappa shape index (κ1) is 22.3. The molecule has 0 aromatic heterocycles. The number of hydrazine groups is 1. The van der Waals surface area contributed by atoms with Crippen LogP contribution in [0, 0.1) is 23.7 Å². The number of ether oxygens (including phenoxy) is 1. The van der Waals surface area contributed by atoms with Gasteiger partial charge in [0, 0.05) is 5.56 Å². The Bertz CT molecular complexity index is 1190. The lowest BCUT2D eigenvalue weighted by atomic mass is 9.85. The van der Waals surface area contributed by atoms with Crippen LogP contribution in [0.2, 0.25) is 5.02 Å². The Morgan fingerprint density at radius 2 is 1.59 bits per heavy atom. The zero-order chi connectivity index (χ0) is 24.1. The molecule has 8 heteroatoms. The van der Waals surface area contributed by atoms with Gasteiger partial charge in [-0.05, 0) is 61.6 Å². The molecule has 3 aliphatic rings. The molecular formula is C26H23ClN2O5. The molecule has 7 nitrogen and oxygen atoms in total. The SMILES string of the molecule is COc1ccc(C(=O)[C@H](C)N(C(=O)c2ccccc2Cl)N2C(=O)[C@H]3[C@H](C2=O)[C@H]2C=C[C@H]3C2)cc1. The van der Waals surface area contributed by atoms with Crippen molar-refractivity contribution in [2.24, 2.45) is 23.7 Å². The number of amides is 3. The number of halogens is 1. The molecule has 2 fully saturated rings. The molecule has 2 aromatic carbocycles. The minimum atomic E-state index is -1.13. The van der Waals surface area contributed by atoms with E-state index in [0.717, 1.165) is 16.4 Å². The summed E-state index contributed by atoms with van der Waals surface area (Å²) in [5.41, 5.74) is 0.434. The molecule has 174 valence electrons. The number of carbonyl (C=O) groups is 4. The van der Waals surface area contributed by atoms with Crippen molar-refractivity contribution < 1.29 is 23.9 Å². The van der Waals surface area contributed by atoms with E-state index in [1.54, 1.807) is 42.5 Å². The van der Waals surface area contributed by atoms with Gasteiger partial charge >= 0.3 is 0 Å². The number of carbonyl (C=O) groups excluding carboxylic acids is 4. The highest BCUT2D eigenvalue weighted by atomic mass is 35.5. The minimum absolute atomic E-state index is 0.0266. The van der Waals surface area contributed by atoms with Crippen molar-refractivity contribution in [3.05, 3.63) is 76.8 Å². The molecule has 2 aliphatic carbocycles. The molecular weight excluding hydrogens is 456 g/mol. The maximum atomic E-state index is 13.7. The first-order chi connectivity index (χ1) is 16.3. The fourth-order valence-electron chi connectivity index (χ4n) is 5.40. The Morgan fingerprint density at radius 1 is 1.00 bits per heavy atom. The first-order valence-electron chi connectivity index (χ1n) is 11.2. The molecule has 0 N–H and O–H groups in total. The van der Waals surface area contributed by atoms with E-state index >= 15 is 0 Å². The van der Waals surface area contributed by atoms with Crippen molar-refractivity contribution in [1.82, 2.24) is 10.0 Å². The van der Waals surface area contributed by atoms with Crippen LogP contribution >= 0.6 is 11.6 Å². The molecule has 1 saturated carbocycles. The van der Waals surface area contributed by atoms with Gasteiger partial charge in [0.15, 0.2) is 5.78 Å². The predicted octanol–water partition coefficient (Wildman–Crippen LogP) is 3.78. The normalized spacial score (nSPS) is 25.4. The largest absolute Gasteiger partial charge is 0.497 e. The highest BCUT2D eigenvalue weighted by Gasteiger charge is 2.61. The monoisotopic (exact) mass is 478 g/mol. The molecule has 1 saturated heterocycles. The van der Waals surface area contributed by atoms with Crippen molar-refractivity contribution in [3.63, 3.8) is 0 Å². The number of ketones is 1. The van der Waals surface area contributed by atoms with E-state index in [4.69, 9.17) is 16.3 Å². The molecule has 5 atom stereocenters. The highest BCUT2D eigenvalue weighted by Crippen LogP contribution is 2.53. The van der Waals surface area contributed by atoms with E-state index in [1.807, 2.05) is 12.2 Å². The van der Waals surface area contributed by atoms with E-state index in [-0.39, 0.29) is 22.4 Å². The van der Waals surface area contributed by atoms with Crippen LogP contribution in [0.4, 0.5) is 0 Å². The fraction of sp³-hybridized carbons (Fsp3) is 0.308. The standard InChI is InChI=1S/C26H23ClN2O5/c1-14(23(30)15-9-11-18(34-2)12-10-15)28(24(31)19-5-3-4-6-20(19)27)29-25(32)21-16-7-8-17(13-16)22(21)26(29)33/h3-12,14,16-17,21-22H,13H2,1-2H3/t14-,16-,17-,21+,22+/m0/s1. The fourth-order valence-corrected chi connectivity index (χ4v) is 5.62. The lowest BCUT2D eigenvalue weighted by Gasteiger charge is -2.35. The number of hydrogen-bond donors (Lipinski definition) is 0. The molecule has 2 aromatic rings. The van der Waals surface area contributed by atoms with E-state index < -0.39 is 41.4 Å². The quantitative estimate of drug-likeness (QED) is 0.358. The van der Waals surface area contributed by atoms with Gasteiger partial charge in [0.2, 0.25) is 0 Å². The third kappa shape index (κ3) is 3.34. The number of hydrogen-bond acceptors (Lipinski definition) is 5. The highest BCUT2D eigenvalue weighted by molar-refractivity contribution is 6.34. The third-order valence-corrected chi connectivity index (χ3v) is 7.43. The Labute approximate surface area is 201 Å². The number of Topliss-reactive ketones (excluding diaryl/α,β-unsaturated/α-hetero) is 1. The van der Waals surface area contributed by atoms with E-state index in [9.17, 15) is 19.2 Å². The van der Waals surface area contributed by atoms with Crippen molar-refractivity contribution in [3.8, 4) is 5.75 Å². The molecule has 1 aliphatic heterocycles. The Morgan fingerprint density at radius 3 is 2.15 bits per heavy atom. The van der Waals surface area contributed by atoms with Crippen molar-refractivity contribution >= 4 is 35.1 Å². The van der Waals surface area contributed by atoms with E-state index in [1.165, 1.54) is 20.1 Å². The van der Waals surface area contributed by atoms with Crippen molar-refractivity contribution in [2.45, 2.75) is 19.4 Å². The van der Waals surface area contributed by atoms with Gasteiger partial charge in [0.1, 0.15) is 11.8 Å². The topological polar surface area (TPSA) is 84.0 Å². The molecule has 2 bridgehead atoms. The minimum Gasteiger partial charge on any atom is -0.497 e. The molecule has 0 unspecified atom stereocenters. The van der Waals surface area contributed by atoms with Crippen molar-refractivity contribution in [1.29, 1.82) is 0 Å². The summed E-state index contributed by atoms with van der Waals surface area (Å²) in [5, 5.41) is 2.07. The maximum absolute atomic E-state index is 13.7. The lowest BCUT2D eigenvalue weighted by Crippen LogP contribution is -2.57. The zero-order valence-corrected chi connectivity index (χ0v) is 19.4. The van der Waals surface area contributed by atoms with Gasteiger partial charge in [0.25, 0.3) is 17.7 Å². The number of nitrogens with zero attached hydrogens (tertiary/aromatic N) is 2. The average molecular weight is 479 g/mol. The van der Waals surface area contributed by atoms with Crippen molar-refractivity contribution in [2.75, 3.05) is 7.11 Å². The number of methoxy groups -OCH3 is 1. The smallest absolute Gasteiger partial charge is 0.275 e. The van der Waals surface area contributed by atoms with Crippen LogP contribution in [-0.2, 0) is 9.59 Å². The molecule has 3 amide bonds. The summed E-state index contributed by atoms with van der Waals surface area (Å²) in [7, 11) is 1.52. The predicted molar refractivity (Wildman–Crippen MR) is 124 cm³/mol. The Hall–Kier alpha value is -3.45. The van der Waals surface area contributed by atoms with Crippen LogP contribution in [0.5, 0.6) is 5.75 Å². The number of fused-ring (bicyclic) bond motifs is 5. The van der Waals surface area contributed by atoms with Gasteiger partial charge in [-0.2, -0.15) is 5.01 Å². The van der Waals surface area contributed by atoms with Gasteiger partial charge in [-0.1, -0.05) is 35.9 Å². The third-order valence-electron chi connectivity index (χ3n) is 7.10. The average Bonchev–Trinajstić information content (AvgIpc) is 3.54. The Kier molecular flexibility index (Phi) is 5.52. The van der Waals surface area contributed by atoms with Gasteiger partial charge in [-0.25, -0.2) is 5.01 Å². The Balaban J connectivity index is 1.54. The molecule has 5 rings (SSSR count). The van der Waals surface area contributed by atoms with Crippen LogP contribution in [0.25, 0.3) is 0 Å². The van der Waals surface area contributed by atoms with Crippen LogP contribution in [0.3, 0.4) is 0 Å². The van der Waals surface area contributed by atoms with Gasteiger partial charge in [-0.15, -0.1) is 0 Å². The second-order valence-corrected chi connectivity index (χ2v) is 9.29. The zero-order valence-electron chi connectivity index (χ0n) is 18.7. The number of rotatable bonds is 6. The summed E-state index contributed by atoms with van der Waals surface area (Å²) in [4.78, 5) is 54.2. The summed E-state index contributed by atoms with van der Waals surface area (Å²) >= 11 is 6.28. The molecule has 34 heavy (non-hydrogen) atoms. The van der Waals surface area contributed by atoms with E-state index in [2.05, 4.69) is 0 Å². The second kappa shape index (κ2) is 8.40. The van der Waals surface area contributed by atoms with E-state index in [0.29, 0.717) is 11.3 Å². The summed E-state index contributed by atoms with van der Waals surface area (Å²) < 4.78 is 5.15. The van der Waals surface area contributed by atoms with Gasteiger partial charge < -0.3 is 4.74 Å². The molecule has 0 radical (unpaired) electrons. The van der Waals surface area contributed by atoms with Crippen LogP contribution in [0.15, 0.2) is 60.7 Å². The van der Waals surface area contributed by atoms with Crippen LogP contribution in [-0.4, -0.2) is 46.7 Å². The van der Waals surface area contributed by atoms with Gasteiger partial charge in [0.05, 0.1) is 29.5 Å². The van der Waals surface area contributed by atoms with Crippen LogP contribution < -0.4 is 4.74 Å². The summed E-state index contributed by atoms with van der Waals surface area (Å²) in [6.07, 6.45) is 4.72. The summed E-state index contributed by atoms with van der Waals surface area (Å²) in [6.45, 7) is 1.52. The van der Waals surface area contributed by atoms with Gasteiger partial charge in [-0.3, -0.25) is 19.2 Å². The molecule has 1 heterocycles. The number of imide groups is 1.